The van der Waals surface area contributed by atoms with Gasteiger partial charge in [0, 0.05) is 10.6 Å². The second-order valence-corrected chi connectivity index (χ2v) is 6.24. The van der Waals surface area contributed by atoms with Crippen LogP contribution in [0.1, 0.15) is 5.56 Å². The molecule has 0 radical (unpaired) electrons. The predicted molar refractivity (Wildman–Crippen MR) is 104 cm³/mol. The molecule has 0 fully saturated rings. The summed E-state index contributed by atoms with van der Waals surface area (Å²) in [7, 11) is 0. The van der Waals surface area contributed by atoms with Gasteiger partial charge < -0.3 is 14.2 Å². The fourth-order valence-electron chi connectivity index (χ4n) is 2.58. The third-order valence-corrected chi connectivity index (χ3v) is 4.21. The molecule has 6 nitrogen and oxygen atoms in total. The molecule has 7 heteroatoms. The Kier molecular flexibility index (Phi) is 6.26. The predicted octanol–water partition coefficient (Wildman–Crippen LogP) is 3.92. The van der Waals surface area contributed by atoms with Crippen LogP contribution in [0.15, 0.2) is 84.9 Å². The number of hydrogen-bond donors (Lipinski definition) is 0. The Labute approximate surface area is 171 Å². The Morgan fingerprint density at radius 2 is 1.21 bits per heavy atom. The van der Waals surface area contributed by atoms with Crippen LogP contribution in [0.3, 0.4) is 0 Å². The average Bonchev–Trinajstić information content (AvgIpc) is 2.75. The molecule has 29 heavy (non-hydrogen) atoms. The van der Waals surface area contributed by atoms with Crippen molar-refractivity contribution in [2.24, 2.45) is 0 Å². The van der Waals surface area contributed by atoms with E-state index in [1.54, 1.807) is 36.4 Å². The van der Waals surface area contributed by atoms with Crippen molar-refractivity contribution < 1.29 is 28.6 Å². The number of carbonyl (C=O) groups excluding carboxylic acids is 3. The minimum atomic E-state index is -2.46. The SMILES string of the molecule is O=COC(C(=O)Oc1ccccc1)(C(=O)Oc1ccc(Cl)cc1)c1ccccc1. The number of hydrogen-bond acceptors (Lipinski definition) is 6. The summed E-state index contributed by atoms with van der Waals surface area (Å²) in [5.41, 5.74) is -2.38. The summed E-state index contributed by atoms with van der Waals surface area (Å²) in [6, 6.07) is 21.8. The maximum Gasteiger partial charge on any atom is 0.372 e. The lowest BCUT2D eigenvalue weighted by atomic mass is 9.93. The molecule has 0 aromatic heterocycles. The molecular formula is C22H15ClO6. The summed E-state index contributed by atoms with van der Waals surface area (Å²) in [6.07, 6.45) is 0. The molecule has 0 aliphatic carbocycles. The molecule has 0 heterocycles. The first-order chi connectivity index (χ1) is 14.1. The number of rotatable bonds is 7. The number of esters is 2. The highest BCUT2D eigenvalue weighted by Crippen LogP contribution is 2.31. The molecule has 0 aliphatic rings. The van der Waals surface area contributed by atoms with Crippen LogP contribution < -0.4 is 9.47 Å². The van der Waals surface area contributed by atoms with E-state index in [0.717, 1.165) is 0 Å². The first-order valence-electron chi connectivity index (χ1n) is 8.48. The third-order valence-electron chi connectivity index (χ3n) is 3.96. The smallest absolute Gasteiger partial charge is 0.372 e. The van der Waals surface area contributed by atoms with Crippen molar-refractivity contribution in [3.05, 3.63) is 95.5 Å². The van der Waals surface area contributed by atoms with E-state index >= 15 is 0 Å². The van der Waals surface area contributed by atoms with Gasteiger partial charge in [-0.05, 0) is 36.4 Å². The highest BCUT2D eigenvalue weighted by atomic mass is 35.5. The van der Waals surface area contributed by atoms with Gasteiger partial charge in [0.25, 0.3) is 6.47 Å². The minimum absolute atomic E-state index is 0.00236. The van der Waals surface area contributed by atoms with E-state index in [2.05, 4.69) is 0 Å². The second kappa shape index (κ2) is 9.03. The van der Waals surface area contributed by atoms with Crippen LogP contribution >= 0.6 is 11.6 Å². The molecule has 1 unspecified atom stereocenters. The summed E-state index contributed by atoms with van der Waals surface area (Å²) in [6.45, 7) is 0.00236. The van der Waals surface area contributed by atoms with Gasteiger partial charge in [-0.15, -0.1) is 0 Å². The maximum atomic E-state index is 13.1. The van der Waals surface area contributed by atoms with Crippen molar-refractivity contribution in [2.75, 3.05) is 0 Å². The number of carbonyl (C=O) groups is 3. The summed E-state index contributed by atoms with van der Waals surface area (Å²) >= 11 is 5.84. The van der Waals surface area contributed by atoms with Gasteiger partial charge >= 0.3 is 17.5 Å². The van der Waals surface area contributed by atoms with Crippen molar-refractivity contribution >= 4 is 30.0 Å². The first-order valence-corrected chi connectivity index (χ1v) is 8.86. The van der Waals surface area contributed by atoms with Crippen LogP contribution in [0.25, 0.3) is 0 Å². The zero-order valence-electron chi connectivity index (χ0n) is 15.0. The van der Waals surface area contributed by atoms with Crippen LogP contribution in [0, 0.1) is 0 Å². The molecule has 3 rings (SSSR count). The summed E-state index contributed by atoms with van der Waals surface area (Å²) in [4.78, 5) is 37.5. The van der Waals surface area contributed by atoms with Gasteiger partial charge in [-0.3, -0.25) is 4.79 Å². The van der Waals surface area contributed by atoms with Gasteiger partial charge in [-0.1, -0.05) is 60.1 Å². The van der Waals surface area contributed by atoms with Gasteiger partial charge in [0.15, 0.2) is 0 Å². The van der Waals surface area contributed by atoms with E-state index in [1.807, 2.05) is 0 Å². The van der Waals surface area contributed by atoms with Crippen molar-refractivity contribution in [1.29, 1.82) is 0 Å². The Balaban J connectivity index is 2.03. The van der Waals surface area contributed by atoms with Crippen LogP contribution in [-0.4, -0.2) is 18.4 Å². The second-order valence-electron chi connectivity index (χ2n) is 5.81. The van der Waals surface area contributed by atoms with Crippen LogP contribution in [0.4, 0.5) is 0 Å². The monoisotopic (exact) mass is 410 g/mol. The first kappa shape index (κ1) is 20.1. The van der Waals surface area contributed by atoms with Crippen LogP contribution in [0.5, 0.6) is 11.5 Å². The standard InChI is InChI=1S/C22H15ClO6/c23-17-11-13-19(14-12-17)29-21(26)22(27-15-24,16-7-3-1-4-8-16)20(25)28-18-9-5-2-6-10-18/h1-15H. The molecular weight excluding hydrogens is 396 g/mol. The van der Waals surface area contributed by atoms with E-state index in [0.29, 0.717) is 5.02 Å². The third kappa shape index (κ3) is 4.44. The Morgan fingerprint density at radius 3 is 1.72 bits per heavy atom. The zero-order valence-corrected chi connectivity index (χ0v) is 15.7. The van der Waals surface area contributed by atoms with E-state index in [-0.39, 0.29) is 23.5 Å². The fourth-order valence-corrected chi connectivity index (χ4v) is 2.70. The molecule has 3 aromatic rings. The zero-order chi connectivity index (χ0) is 20.7. The summed E-state index contributed by atoms with van der Waals surface area (Å²) < 4.78 is 15.7. The molecule has 0 saturated heterocycles. The quantitative estimate of drug-likeness (QED) is 0.254. The lowest BCUT2D eigenvalue weighted by molar-refractivity contribution is -0.183. The van der Waals surface area contributed by atoms with E-state index in [1.165, 1.54) is 48.5 Å². The molecule has 0 saturated carbocycles. The van der Waals surface area contributed by atoms with Gasteiger partial charge in [0.05, 0.1) is 0 Å². The highest BCUT2D eigenvalue weighted by Gasteiger charge is 2.54. The number of para-hydroxylation sites is 1. The topological polar surface area (TPSA) is 78.9 Å². The van der Waals surface area contributed by atoms with Gasteiger partial charge in [-0.25, -0.2) is 9.59 Å². The lowest BCUT2D eigenvalue weighted by Crippen LogP contribution is -2.50. The average molecular weight is 411 g/mol. The van der Waals surface area contributed by atoms with Crippen LogP contribution in [0.2, 0.25) is 5.02 Å². The maximum absolute atomic E-state index is 13.1. The van der Waals surface area contributed by atoms with Gasteiger partial charge in [0.1, 0.15) is 11.5 Å². The highest BCUT2D eigenvalue weighted by molar-refractivity contribution is 6.30. The summed E-state index contributed by atoms with van der Waals surface area (Å²) in [5, 5.41) is 0.437. The van der Waals surface area contributed by atoms with E-state index < -0.39 is 17.5 Å². The largest absolute Gasteiger partial charge is 0.432 e. The molecule has 1 atom stereocenters. The van der Waals surface area contributed by atoms with E-state index in [4.69, 9.17) is 25.8 Å². The van der Waals surface area contributed by atoms with Crippen molar-refractivity contribution in [1.82, 2.24) is 0 Å². The number of halogens is 1. The van der Waals surface area contributed by atoms with Crippen LogP contribution in [-0.2, 0) is 24.7 Å². The molecule has 0 aliphatic heterocycles. The fraction of sp³-hybridized carbons (Fsp3) is 0.0455. The van der Waals surface area contributed by atoms with Crippen molar-refractivity contribution in [2.45, 2.75) is 5.60 Å². The number of benzene rings is 3. The molecule has 0 bridgehead atoms. The molecule has 0 N–H and O–H groups in total. The van der Waals surface area contributed by atoms with Gasteiger partial charge in [0.2, 0.25) is 0 Å². The van der Waals surface area contributed by atoms with Crippen molar-refractivity contribution in [3.63, 3.8) is 0 Å². The Hall–Kier alpha value is -3.64. The normalized spacial score (nSPS) is 12.3. The Morgan fingerprint density at radius 1 is 0.724 bits per heavy atom. The number of ether oxygens (including phenoxy) is 3. The summed E-state index contributed by atoms with van der Waals surface area (Å²) in [5.74, 6) is -1.98. The molecule has 3 aromatic carbocycles. The minimum Gasteiger partial charge on any atom is -0.432 e. The Bertz CT molecular complexity index is 989. The molecule has 146 valence electrons. The van der Waals surface area contributed by atoms with Crippen molar-refractivity contribution in [3.8, 4) is 11.5 Å². The molecule has 0 amide bonds. The van der Waals surface area contributed by atoms with E-state index in [9.17, 15) is 14.4 Å². The molecule has 0 spiro atoms. The van der Waals surface area contributed by atoms with Gasteiger partial charge in [-0.2, -0.15) is 0 Å². The lowest BCUT2D eigenvalue weighted by Gasteiger charge is -2.27.